The molecule has 7 heteroatoms. The minimum absolute atomic E-state index is 0.0452. The molecule has 1 unspecified atom stereocenters. The lowest BCUT2D eigenvalue weighted by Crippen LogP contribution is -2.60. The van der Waals surface area contributed by atoms with Crippen molar-refractivity contribution in [3.63, 3.8) is 0 Å². The van der Waals surface area contributed by atoms with Crippen LogP contribution in [-0.4, -0.2) is 52.1 Å². The molecule has 0 N–H and O–H groups in total. The maximum atomic E-state index is 13.8. The molecule has 1 atom stereocenters. The molecule has 3 aromatic rings. The van der Waals surface area contributed by atoms with E-state index in [1.165, 1.54) is 6.07 Å². The van der Waals surface area contributed by atoms with Crippen LogP contribution in [-0.2, 0) is 4.79 Å². The van der Waals surface area contributed by atoms with E-state index in [1.54, 1.807) is 29.6 Å². The largest absolute Gasteiger partial charge is 0.341 e. The number of nitrogens with zero attached hydrogens (tertiary/aromatic N) is 4. The number of carbonyl (C=O) groups excluding carboxylic acids is 2. The first-order valence-electron chi connectivity index (χ1n) is 12.2. The maximum Gasteiger partial charge on any atom is 0.274 e. The standard InChI is InChI=1S/C28H30N4O3/c1-20-24(33)15-18-31-25(20)28(35)30(21(2)27(34)29-16-9-10-17-29)19-32(31)26(22-11-5-3-6-12-22)23-13-7-4-8-14-23/h3-8,11-15,18,21,26H,9-10,16-17,19H2,1-2H3. The summed E-state index contributed by atoms with van der Waals surface area (Å²) in [5.74, 6) is -0.340. The second kappa shape index (κ2) is 9.41. The van der Waals surface area contributed by atoms with Gasteiger partial charge < -0.3 is 9.80 Å². The smallest absolute Gasteiger partial charge is 0.274 e. The summed E-state index contributed by atoms with van der Waals surface area (Å²) in [6.45, 7) is 5.13. The number of benzene rings is 2. The van der Waals surface area contributed by atoms with Gasteiger partial charge in [0.1, 0.15) is 18.4 Å². The number of amides is 2. The number of rotatable bonds is 5. The Labute approximate surface area is 205 Å². The molecular formula is C28H30N4O3. The topological polar surface area (TPSA) is 65.9 Å². The minimum atomic E-state index is -0.640. The van der Waals surface area contributed by atoms with Crippen molar-refractivity contribution in [3.05, 3.63) is 106 Å². The van der Waals surface area contributed by atoms with E-state index in [0.717, 1.165) is 37.1 Å². The third-order valence-electron chi connectivity index (χ3n) is 7.13. The van der Waals surface area contributed by atoms with Crippen molar-refractivity contribution in [3.8, 4) is 0 Å². The SMILES string of the molecule is Cc1c2n(ccc1=O)N(C(c1ccccc1)c1ccccc1)CN(C(C)C(=O)N1CCCC1)C2=O. The molecular weight excluding hydrogens is 440 g/mol. The predicted molar refractivity (Wildman–Crippen MR) is 135 cm³/mol. The van der Waals surface area contributed by atoms with Gasteiger partial charge in [0.15, 0.2) is 5.43 Å². The van der Waals surface area contributed by atoms with Gasteiger partial charge in [0, 0.05) is 30.9 Å². The van der Waals surface area contributed by atoms with Crippen LogP contribution in [0.15, 0.2) is 77.7 Å². The van der Waals surface area contributed by atoms with E-state index in [9.17, 15) is 14.4 Å². The second-order valence-corrected chi connectivity index (χ2v) is 9.29. The highest BCUT2D eigenvalue weighted by Gasteiger charge is 2.40. The first-order valence-corrected chi connectivity index (χ1v) is 12.2. The van der Waals surface area contributed by atoms with Gasteiger partial charge >= 0.3 is 0 Å². The number of pyridine rings is 1. The number of likely N-dealkylation sites (tertiary alicyclic amines) is 1. The van der Waals surface area contributed by atoms with E-state index in [4.69, 9.17) is 0 Å². The van der Waals surface area contributed by atoms with Crippen LogP contribution >= 0.6 is 0 Å². The normalized spacial score (nSPS) is 16.5. The second-order valence-electron chi connectivity index (χ2n) is 9.29. The van der Waals surface area contributed by atoms with Gasteiger partial charge in [-0.25, -0.2) is 0 Å². The van der Waals surface area contributed by atoms with E-state index >= 15 is 0 Å². The number of hydrogen-bond donors (Lipinski definition) is 0. The van der Waals surface area contributed by atoms with E-state index in [2.05, 4.69) is 29.3 Å². The van der Waals surface area contributed by atoms with E-state index in [-0.39, 0.29) is 30.0 Å². The van der Waals surface area contributed by atoms with Crippen LogP contribution in [0.25, 0.3) is 0 Å². The Balaban J connectivity index is 1.65. The molecule has 5 rings (SSSR count). The summed E-state index contributed by atoms with van der Waals surface area (Å²) in [5.41, 5.74) is 2.60. The number of hydrogen-bond acceptors (Lipinski definition) is 4. The van der Waals surface area contributed by atoms with Gasteiger partial charge in [-0.2, -0.15) is 0 Å². The van der Waals surface area contributed by atoms with Crippen molar-refractivity contribution in [1.29, 1.82) is 0 Å². The summed E-state index contributed by atoms with van der Waals surface area (Å²) < 4.78 is 1.80. The zero-order valence-electron chi connectivity index (χ0n) is 20.1. The molecule has 2 aromatic carbocycles. The molecule has 0 spiro atoms. The van der Waals surface area contributed by atoms with Crippen LogP contribution in [0.1, 0.15) is 53.0 Å². The van der Waals surface area contributed by atoms with Crippen LogP contribution in [0.2, 0.25) is 0 Å². The Morgan fingerprint density at radius 2 is 1.43 bits per heavy atom. The fourth-order valence-electron chi connectivity index (χ4n) is 5.17. The fourth-order valence-corrected chi connectivity index (χ4v) is 5.17. The quantitative estimate of drug-likeness (QED) is 0.574. The molecule has 0 saturated carbocycles. The molecule has 3 heterocycles. The Morgan fingerprint density at radius 3 is 2.00 bits per heavy atom. The highest BCUT2D eigenvalue weighted by Crippen LogP contribution is 2.31. The number of fused-ring (bicyclic) bond motifs is 1. The van der Waals surface area contributed by atoms with Gasteiger partial charge in [0.05, 0.1) is 6.04 Å². The van der Waals surface area contributed by atoms with Gasteiger partial charge in [-0.15, -0.1) is 0 Å². The summed E-state index contributed by atoms with van der Waals surface area (Å²) >= 11 is 0. The van der Waals surface area contributed by atoms with Crippen LogP contribution in [0, 0.1) is 6.92 Å². The van der Waals surface area contributed by atoms with Crippen LogP contribution in [0.4, 0.5) is 0 Å². The lowest BCUT2D eigenvalue weighted by atomic mass is 9.97. The molecule has 2 aliphatic heterocycles. The first kappa shape index (κ1) is 22.9. The van der Waals surface area contributed by atoms with E-state index < -0.39 is 6.04 Å². The van der Waals surface area contributed by atoms with Crippen molar-refractivity contribution in [2.45, 2.75) is 38.8 Å². The molecule has 0 bridgehead atoms. The molecule has 2 aliphatic rings. The van der Waals surface area contributed by atoms with Crippen molar-refractivity contribution >= 4 is 11.8 Å². The lowest BCUT2D eigenvalue weighted by molar-refractivity contribution is -0.134. The molecule has 1 fully saturated rings. The van der Waals surface area contributed by atoms with Crippen LogP contribution < -0.4 is 10.4 Å². The highest BCUT2D eigenvalue weighted by atomic mass is 16.2. The van der Waals surface area contributed by atoms with Gasteiger partial charge in [0.25, 0.3) is 5.91 Å². The van der Waals surface area contributed by atoms with E-state index in [0.29, 0.717) is 11.3 Å². The Kier molecular flexibility index (Phi) is 6.16. The summed E-state index contributed by atoms with van der Waals surface area (Å²) in [6, 6.07) is 20.8. The Bertz CT molecular complexity index is 1240. The van der Waals surface area contributed by atoms with Gasteiger partial charge in [0.2, 0.25) is 5.91 Å². The molecule has 180 valence electrons. The van der Waals surface area contributed by atoms with Crippen molar-refractivity contribution in [2.75, 3.05) is 24.8 Å². The van der Waals surface area contributed by atoms with Gasteiger partial charge in [-0.05, 0) is 37.8 Å². The average molecular weight is 471 g/mol. The zero-order chi connectivity index (χ0) is 24.5. The molecule has 1 saturated heterocycles. The van der Waals surface area contributed by atoms with Crippen LogP contribution in [0.5, 0.6) is 0 Å². The monoisotopic (exact) mass is 470 g/mol. The minimum Gasteiger partial charge on any atom is -0.341 e. The highest BCUT2D eigenvalue weighted by molar-refractivity contribution is 5.98. The first-order chi connectivity index (χ1) is 17.0. The molecule has 1 aromatic heterocycles. The summed E-state index contributed by atoms with van der Waals surface area (Å²) in [5, 5.41) is 2.07. The predicted octanol–water partition coefficient (Wildman–Crippen LogP) is 3.31. The summed E-state index contributed by atoms with van der Waals surface area (Å²) in [4.78, 5) is 43.1. The van der Waals surface area contributed by atoms with Crippen LogP contribution in [0.3, 0.4) is 0 Å². The average Bonchev–Trinajstić information content (AvgIpc) is 3.43. The van der Waals surface area contributed by atoms with Crippen molar-refractivity contribution in [2.24, 2.45) is 0 Å². The van der Waals surface area contributed by atoms with Crippen molar-refractivity contribution < 1.29 is 9.59 Å². The fraction of sp³-hybridized carbons (Fsp3) is 0.321. The van der Waals surface area contributed by atoms with E-state index in [1.807, 2.05) is 41.3 Å². The maximum absolute atomic E-state index is 13.8. The summed E-state index contributed by atoms with van der Waals surface area (Å²) in [7, 11) is 0. The third kappa shape index (κ3) is 4.11. The molecule has 35 heavy (non-hydrogen) atoms. The lowest BCUT2D eigenvalue weighted by Gasteiger charge is -2.46. The summed E-state index contributed by atoms with van der Waals surface area (Å²) in [6.07, 6.45) is 3.64. The Morgan fingerprint density at radius 1 is 0.857 bits per heavy atom. The molecule has 0 radical (unpaired) electrons. The molecule has 2 amide bonds. The van der Waals surface area contributed by atoms with Crippen molar-refractivity contribution in [1.82, 2.24) is 14.5 Å². The molecule has 0 aliphatic carbocycles. The van der Waals surface area contributed by atoms with Gasteiger partial charge in [-0.3, -0.25) is 24.1 Å². The number of aromatic nitrogens is 1. The number of carbonyl (C=O) groups is 2. The Hall–Kier alpha value is -3.87. The zero-order valence-corrected chi connectivity index (χ0v) is 20.1. The van der Waals surface area contributed by atoms with Gasteiger partial charge in [-0.1, -0.05) is 60.7 Å². The molecule has 7 nitrogen and oxygen atoms in total. The third-order valence-corrected chi connectivity index (χ3v) is 7.13.